The summed E-state index contributed by atoms with van der Waals surface area (Å²) in [7, 11) is 1.71. The molecule has 2 heteroatoms. The van der Waals surface area contributed by atoms with Crippen LogP contribution in [-0.4, -0.2) is 19.8 Å². The van der Waals surface area contributed by atoms with Gasteiger partial charge >= 0.3 is 0 Å². The molecule has 2 unspecified atom stereocenters. The van der Waals surface area contributed by atoms with Gasteiger partial charge in [-0.3, -0.25) is 0 Å². The Morgan fingerprint density at radius 2 is 2.09 bits per heavy atom. The fourth-order valence-electron chi connectivity index (χ4n) is 0.912. The molecule has 2 N–H and O–H groups in total. The van der Waals surface area contributed by atoms with E-state index >= 15 is 0 Å². The van der Waals surface area contributed by atoms with Crippen LogP contribution in [0.1, 0.15) is 20.8 Å². The Balaban J connectivity index is 3.86. The highest BCUT2D eigenvalue weighted by Gasteiger charge is 2.00. The normalized spacial score (nSPS) is 18.1. The van der Waals surface area contributed by atoms with Gasteiger partial charge in [-0.2, -0.15) is 0 Å². The molecule has 0 radical (unpaired) electrons. The number of rotatable bonds is 4. The summed E-state index contributed by atoms with van der Waals surface area (Å²) in [5, 5.41) is 0. The molecular weight excluding hydrogens is 138 g/mol. The van der Waals surface area contributed by atoms with E-state index in [2.05, 4.69) is 19.9 Å². The van der Waals surface area contributed by atoms with Crippen LogP contribution in [0.4, 0.5) is 0 Å². The second kappa shape index (κ2) is 5.33. The van der Waals surface area contributed by atoms with Gasteiger partial charge in [0.15, 0.2) is 0 Å². The second-order valence-corrected chi connectivity index (χ2v) is 3.13. The minimum absolute atomic E-state index is 0.161. The highest BCUT2D eigenvalue weighted by atomic mass is 16.5. The van der Waals surface area contributed by atoms with E-state index in [9.17, 15) is 0 Å². The SMILES string of the molecule is COCC(C)/C=C(/C)C(C)N. The van der Waals surface area contributed by atoms with Crippen LogP contribution in [0.3, 0.4) is 0 Å². The molecule has 2 nitrogen and oxygen atoms in total. The van der Waals surface area contributed by atoms with Crippen molar-refractivity contribution < 1.29 is 4.74 Å². The Hall–Kier alpha value is -0.340. The number of hydrogen-bond acceptors (Lipinski definition) is 2. The van der Waals surface area contributed by atoms with Crippen molar-refractivity contribution in [3.63, 3.8) is 0 Å². The van der Waals surface area contributed by atoms with E-state index in [0.29, 0.717) is 5.92 Å². The van der Waals surface area contributed by atoms with Crippen LogP contribution in [0, 0.1) is 5.92 Å². The highest BCUT2D eigenvalue weighted by molar-refractivity contribution is 5.06. The number of nitrogens with two attached hydrogens (primary N) is 1. The van der Waals surface area contributed by atoms with Gasteiger partial charge in [0.2, 0.25) is 0 Å². The van der Waals surface area contributed by atoms with Gasteiger partial charge in [-0.1, -0.05) is 18.6 Å². The fraction of sp³-hybridized carbons (Fsp3) is 0.778. The number of ether oxygens (including phenoxy) is 1. The van der Waals surface area contributed by atoms with Crippen LogP contribution >= 0.6 is 0 Å². The predicted octanol–water partition coefficient (Wildman–Crippen LogP) is 1.56. The van der Waals surface area contributed by atoms with Gasteiger partial charge in [-0.25, -0.2) is 0 Å². The van der Waals surface area contributed by atoms with Crippen LogP contribution < -0.4 is 5.73 Å². The van der Waals surface area contributed by atoms with E-state index in [1.807, 2.05) is 6.92 Å². The Morgan fingerprint density at radius 3 is 2.45 bits per heavy atom. The van der Waals surface area contributed by atoms with Crippen LogP contribution in [0.5, 0.6) is 0 Å². The Kier molecular flexibility index (Phi) is 5.16. The Bertz CT molecular complexity index is 130. The lowest BCUT2D eigenvalue weighted by Gasteiger charge is -2.09. The van der Waals surface area contributed by atoms with Gasteiger partial charge < -0.3 is 10.5 Å². The first-order valence-electron chi connectivity index (χ1n) is 4.00. The largest absolute Gasteiger partial charge is 0.384 e. The third kappa shape index (κ3) is 4.99. The zero-order valence-corrected chi connectivity index (χ0v) is 7.92. The monoisotopic (exact) mass is 157 g/mol. The molecule has 0 rings (SSSR count). The first-order valence-corrected chi connectivity index (χ1v) is 4.00. The standard InChI is InChI=1S/C9H19NO/c1-7(6-11-4)5-8(2)9(3)10/h5,7,9H,6,10H2,1-4H3/b8-5-. The molecule has 0 aliphatic carbocycles. The molecule has 0 aromatic heterocycles. The lowest BCUT2D eigenvalue weighted by molar-refractivity contribution is 0.175. The molecule has 0 aromatic rings. The average Bonchev–Trinajstić information content (AvgIpc) is 1.87. The smallest absolute Gasteiger partial charge is 0.0522 e. The zero-order valence-electron chi connectivity index (χ0n) is 7.92. The van der Waals surface area contributed by atoms with Crippen LogP contribution in [0.15, 0.2) is 11.6 Å². The topological polar surface area (TPSA) is 35.2 Å². The summed E-state index contributed by atoms with van der Waals surface area (Å²) in [6, 6.07) is 0.161. The summed E-state index contributed by atoms with van der Waals surface area (Å²) in [6.45, 7) is 6.93. The highest BCUT2D eigenvalue weighted by Crippen LogP contribution is 2.05. The molecule has 0 aliphatic rings. The van der Waals surface area contributed by atoms with Crippen LogP contribution in [0.2, 0.25) is 0 Å². The van der Waals surface area contributed by atoms with Crippen molar-refractivity contribution in [2.24, 2.45) is 11.7 Å². The first-order chi connectivity index (χ1) is 5.07. The lowest BCUT2D eigenvalue weighted by Crippen LogP contribution is -2.17. The molecule has 0 saturated heterocycles. The van der Waals surface area contributed by atoms with Gasteiger partial charge in [0.1, 0.15) is 0 Å². The number of hydrogen-bond donors (Lipinski definition) is 1. The summed E-state index contributed by atoms with van der Waals surface area (Å²) in [6.07, 6.45) is 2.16. The van der Waals surface area contributed by atoms with Crippen molar-refractivity contribution in [3.05, 3.63) is 11.6 Å². The Morgan fingerprint density at radius 1 is 1.55 bits per heavy atom. The van der Waals surface area contributed by atoms with E-state index in [1.165, 1.54) is 5.57 Å². The quantitative estimate of drug-likeness (QED) is 0.629. The van der Waals surface area contributed by atoms with E-state index in [0.717, 1.165) is 6.61 Å². The van der Waals surface area contributed by atoms with Gasteiger partial charge in [0, 0.05) is 13.2 Å². The maximum atomic E-state index is 5.67. The third-order valence-electron chi connectivity index (χ3n) is 1.70. The molecule has 0 aliphatic heterocycles. The van der Waals surface area contributed by atoms with Gasteiger partial charge in [0.05, 0.1) is 6.61 Å². The summed E-state index contributed by atoms with van der Waals surface area (Å²) in [5.74, 6) is 0.464. The van der Waals surface area contributed by atoms with Gasteiger partial charge in [-0.05, 0) is 19.8 Å². The van der Waals surface area contributed by atoms with E-state index < -0.39 is 0 Å². The molecule has 2 atom stereocenters. The van der Waals surface area contributed by atoms with E-state index in [-0.39, 0.29) is 6.04 Å². The summed E-state index contributed by atoms with van der Waals surface area (Å²) in [5.41, 5.74) is 6.90. The molecule has 11 heavy (non-hydrogen) atoms. The van der Waals surface area contributed by atoms with Crippen molar-refractivity contribution in [3.8, 4) is 0 Å². The molecule has 0 heterocycles. The molecule has 66 valence electrons. The minimum atomic E-state index is 0.161. The molecule has 0 fully saturated rings. The summed E-state index contributed by atoms with van der Waals surface area (Å²) < 4.78 is 5.00. The van der Waals surface area contributed by atoms with Gasteiger partial charge in [-0.15, -0.1) is 0 Å². The van der Waals surface area contributed by atoms with E-state index in [4.69, 9.17) is 10.5 Å². The second-order valence-electron chi connectivity index (χ2n) is 3.13. The van der Waals surface area contributed by atoms with Crippen molar-refractivity contribution in [1.29, 1.82) is 0 Å². The minimum Gasteiger partial charge on any atom is -0.384 e. The lowest BCUT2D eigenvalue weighted by atomic mass is 10.1. The average molecular weight is 157 g/mol. The maximum absolute atomic E-state index is 5.67. The van der Waals surface area contributed by atoms with Crippen molar-refractivity contribution in [2.45, 2.75) is 26.8 Å². The van der Waals surface area contributed by atoms with Crippen LogP contribution in [-0.2, 0) is 4.74 Å². The molecule has 0 amide bonds. The molecular formula is C9H19NO. The zero-order chi connectivity index (χ0) is 8.85. The predicted molar refractivity (Wildman–Crippen MR) is 48.4 cm³/mol. The molecule has 0 aromatic carbocycles. The fourth-order valence-corrected chi connectivity index (χ4v) is 0.912. The van der Waals surface area contributed by atoms with Crippen molar-refractivity contribution in [2.75, 3.05) is 13.7 Å². The number of methoxy groups -OCH3 is 1. The maximum Gasteiger partial charge on any atom is 0.0522 e. The van der Waals surface area contributed by atoms with Crippen molar-refractivity contribution >= 4 is 0 Å². The Labute approximate surface area is 69.4 Å². The van der Waals surface area contributed by atoms with E-state index in [1.54, 1.807) is 7.11 Å². The molecule has 0 spiro atoms. The summed E-state index contributed by atoms with van der Waals surface area (Å²) >= 11 is 0. The van der Waals surface area contributed by atoms with Crippen molar-refractivity contribution in [1.82, 2.24) is 0 Å². The summed E-state index contributed by atoms with van der Waals surface area (Å²) in [4.78, 5) is 0. The third-order valence-corrected chi connectivity index (χ3v) is 1.70. The van der Waals surface area contributed by atoms with Crippen LogP contribution in [0.25, 0.3) is 0 Å². The van der Waals surface area contributed by atoms with Gasteiger partial charge in [0.25, 0.3) is 0 Å². The first kappa shape index (κ1) is 10.7. The molecule has 0 bridgehead atoms. The molecule has 0 saturated carbocycles.